The topological polar surface area (TPSA) is 74.9 Å². The number of urea groups is 1. The fourth-order valence-electron chi connectivity index (χ4n) is 2.41. The van der Waals surface area contributed by atoms with Gasteiger partial charge in [-0.3, -0.25) is 4.90 Å². The summed E-state index contributed by atoms with van der Waals surface area (Å²) < 4.78 is 10.5. The van der Waals surface area contributed by atoms with Crippen LogP contribution in [-0.2, 0) is 0 Å². The highest BCUT2D eigenvalue weighted by atomic mass is 16.7. The number of rotatable bonds is 4. The molecule has 0 bridgehead atoms. The van der Waals surface area contributed by atoms with Crippen molar-refractivity contribution in [2.24, 2.45) is 0 Å². The Kier molecular flexibility index (Phi) is 4.42. The summed E-state index contributed by atoms with van der Waals surface area (Å²) >= 11 is 0. The van der Waals surface area contributed by atoms with Crippen molar-refractivity contribution in [3.05, 3.63) is 18.2 Å². The van der Waals surface area contributed by atoms with Gasteiger partial charge in [-0.25, -0.2) is 4.79 Å². The molecule has 0 aliphatic carbocycles. The summed E-state index contributed by atoms with van der Waals surface area (Å²) in [5.41, 5.74) is 0.693. The Labute approximate surface area is 123 Å². The molecule has 0 spiro atoms. The molecule has 1 fully saturated rings. The average molecular weight is 292 g/mol. The van der Waals surface area contributed by atoms with E-state index in [1.54, 1.807) is 18.2 Å². The number of anilines is 1. The first-order valence-electron chi connectivity index (χ1n) is 7.19. The highest BCUT2D eigenvalue weighted by Crippen LogP contribution is 2.34. The first-order chi connectivity index (χ1) is 10.3. The summed E-state index contributed by atoms with van der Waals surface area (Å²) in [5, 5.41) is 8.96. The van der Waals surface area contributed by atoms with Crippen LogP contribution in [0.15, 0.2) is 18.2 Å². The smallest absolute Gasteiger partial charge is 0.319 e. The maximum atomic E-state index is 11.8. The van der Waals surface area contributed by atoms with Gasteiger partial charge in [-0.05, 0) is 12.1 Å². The maximum absolute atomic E-state index is 11.8. The van der Waals surface area contributed by atoms with Crippen LogP contribution in [0.25, 0.3) is 0 Å². The van der Waals surface area contributed by atoms with Gasteiger partial charge in [0.05, 0.1) is 0 Å². The molecule has 0 atom stereocenters. The van der Waals surface area contributed by atoms with Crippen molar-refractivity contribution in [3.8, 4) is 11.5 Å². The van der Waals surface area contributed by atoms with E-state index in [-0.39, 0.29) is 12.8 Å². The van der Waals surface area contributed by atoms with Gasteiger partial charge in [0.25, 0.3) is 0 Å². The van der Waals surface area contributed by atoms with E-state index in [4.69, 9.17) is 9.47 Å². The van der Waals surface area contributed by atoms with E-state index in [0.717, 1.165) is 32.7 Å². The van der Waals surface area contributed by atoms with Gasteiger partial charge in [-0.15, -0.1) is 0 Å². The second-order valence-corrected chi connectivity index (χ2v) is 5.04. The molecule has 0 saturated carbocycles. The van der Waals surface area contributed by atoms with Crippen molar-refractivity contribution in [2.45, 2.75) is 0 Å². The predicted octanol–water partition coefficient (Wildman–Crippen LogP) is 0.442. The Hall–Kier alpha value is -1.99. The molecule has 2 heterocycles. The predicted molar refractivity (Wildman–Crippen MR) is 78.9 cm³/mol. The number of amides is 2. The van der Waals surface area contributed by atoms with Gasteiger partial charge < -0.3 is 25.4 Å². The van der Waals surface area contributed by atoms with E-state index < -0.39 is 0 Å². The van der Waals surface area contributed by atoms with Crippen LogP contribution in [0.5, 0.6) is 11.5 Å². The Balaban J connectivity index is 1.41. The third-order valence-electron chi connectivity index (χ3n) is 3.55. The molecule has 114 valence electrons. The SMILES string of the molecule is O=C(NCCN1CCNCC1)Nc1ccc2c(c1)OCO2. The van der Waals surface area contributed by atoms with E-state index >= 15 is 0 Å². The first kappa shape index (κ1) is 14.0. The maximum Gasteiger partial charge on any atom is 0.319 e. The molecule has 2 aliphatic heterocycles. The number of carbonyl (C=O) groups excluding carboxylic acids is 1. The van der Waals surface area contributed by atoms with Crippen LogP contribution in [0.2, 0.25) is 0 Å². The quantitative estimate of drug-likeness (QED) is 0.751. The number of nitrogens with zero attached hydrogens (tertiary/aromatic N) is 1. The van der Waals surface area contributed by atoms with Crippen molar-refractivity contribution in [1.82, 2.24) is 15.5 Å². The average Bonchev–Trinajstić information content (AvgIpc) is 2.96. The van der Waals surface area contributed by atoms with Gasteiger partial charge in [-0.1, -0.05) is 0 Å². The minimum atomic E-state index is -0.205. The molecular weight excluding hydrogens is 272 g/mol. The van der Waals surface area contributed by atoms with Crippen LogP contribution < -0.4 is 25.4 Å². The fraction of sp³-hybridized carbons (Fsp3) is 0.500. The molecule has 7 nitrogen and oxygen atoms in total. The zero-order valence-electron chi connectivity index (χ0n) is 11.9. The Morgan fingerprint density at radius 2 is 2.05 bits per heavy atom. The molecule has 2 aliphatic rings. The van der Waals surface area contributed by atoms with E-state index in [1.165, 1.54) is 0 Å². The summed E-state index contributed by atoms with van der Waals surface area (Å²) in [6.07, 6.45) is 0. The van der Waals surface area contributed by atoms with Gasteiger partial charge in [0.2, 0.25) is 6.79 Å². The Bertz CT molecular complexity index is 503. The highest BCUT2D eigenvalue weighted by molar-refractivity contribution is 5.89. The zero-order chi connectivity index (χ0) is 14.5. The van der Waals surface area contributed by atoms with E-state index in [2.05, 4.69) is 20.9 Å². The fourth-order valence-corrected chi connectivity index (χ4v) is 2.41. The number of hydrogen-bond donors (Lipinski definition) is 3. The lowest BCUT2D eigenvalue weighted by atomic mass is 10.3. The minimum Gasteiger partial charge on any atom is -0.454 e. The van der Waals surface area contributed by atoms with Gasteiger partial charge in [0.15, 0.2) is 11.5 Å². The Morgan fingerprint density at radius 1 is 1.24 bits per heavy atom. The number of hydrogen-bond acceptors (Lipinski definition) is 5. The third-order valence-corrected chi connectivity index (χ3v) is 3.55. The van der Waals surface area contributed by atoms with Crippen molar-refractivity contribution in [1.29, 1.82) is 0 Å². The van der Waals surface area contributed by atoms with Crippen molar-refractivity contribution in [3.63, 3.8) is 0 Å². The molecule has 2 amide bonds. The number of piperazine rings is 1. The van der Waals surface area contributed by atoms with Crippen molar-refractivity contribution >= 4 is 11.7 Å². The summed E-state index contributed by atoms with van der Waals surface area (Å²) in [5.74, 6) is 1.37. The summed E-state index contributed by atoms with van der Waals surface area (Å²) in [6, 6.07) is 5.14. The molecule has 1 saturated heterocycles. The molecular formula is C14H20N4O3. The van der Waals surface area contributed by atoms with Crippen LogP contribution in [0.3, 0.4) is 0 Å². The Morgan fingerprint density at radius 3 is 2.90 bits per heavy atom. The summed E-state index contributed by atoms with van der Waals surface area (Å²) in [6.45, 7) is 5.84. The van der Waals surface area contributed by atoms with Gasteiger partial charge in [0, 0.05) is 51.0 Å². The van der Waals surface area contributed by atoms with Crippen LogP contribution in [0, 0.1) is 0 Å². The van der Waals surface area contributed by atoms with E-state index in [1.807, 2.05) is 0 Å². The van der Waals surface area contributed by atoms with Crippen molar-refractivity contribution < 1.29 is 14.3 Å². The molecule has 1 aromatic carbocycles. The van der Waals surface area contributed by atoms with Gasteiger partial charge >= 0.3 is 6.03 Å². The summed E-state index contributed by atoms with van der Waals surface area (Å²) in [7, 11) is 0. The molecule has 0 unspecified atom stereocenters. The van der Waals surface area contributed by atoms with Crippen LogP contribution in [0.1, 0.15) is 0 Å². The van der Waals surface area contributed by atoms with Crippen LogP contribution in [0.4, 0.5) is 10.5 Å². The first-order valence-corrected chi connectivity index (χ1v) is 7.19. The molecule has 1 aromatic rings. The molecule has 3 N–H and O–H groups in total. The van der Waals surface area contributed by atoms with Crippen LogP contribution in [-0.4, -0.2) is 57.0 Å². The minimum absolute atomic E-state index is 0.205. The van der Waals surface area contributed by atoms with Gasteiger partial charge in [-0.2, -0.15) is 0 Å². The third kappa shape index (κ3) is 3.77. The summed E-state index contributed by atoms with van der Waals surface area (Å²) in [4.78, 5) is 14.2. The normalized spacial score (nSPS) is 17.5. The van der Waals surface area contributed by atoms with Crippen LogP contribution >= 0.6 is 0 Å². The number of carbonyl (C=O) groups is 1. The van der Waals surface area contributed by atoms with Crippen molar-refractivity contribution in [2.75, 3.05) is 51.4 Å². The number of fused-ring (bicyclic) bond motifs is 1. The largest absolute Gasteiger partial charge is 0.454 e. The zero-order valence-corrected chi connectivity index (χ0v) is 11.9. The second-order valence-electron chi connectivity index (χ2n) is 5.04. The standard InChI is InChI=1S/C14H20N4O3/c19-14(16-5-8-18-6-3-15-4-7-18)17-11-1-2-12-13(9-11)21-10-20-12/h1-2,9,15H,3-8,10H2,(H2,16,17,19). The molecule has 3 rings (SSSR count). The molecule has 21 heavy (non-hydrogen) atoms. The lowest BCUT2D eigenvalue weighted by molar-refractivity contribution is 0.174. The highest BCUT2D eigenvalue weighted by Gasteiger charge is 2.14. The number of nitrogens with one attached hydrogen (secondary N) is 3. The molecule has 0 radical (unpaired) electrons. The van der Waals surface area contributed by atoms with E-state index in [9.17, 15) is 4.79 Å². The molecule has 0 aromatic heterocycles. The molecule has 7 heteroatoms. The monoisotopic (exact) mass is 292 g/mol. The lowest BCUT2D eigenvalue weighted by Crippen LogP contribution is -2.46. The second kappa shape index (κ2) is 6.64. The van der Waals surface area contributed by atoms with E-state index in [0.29, 0.717) is 23.7 Å². The number of benzene rings is 1. The lowest BCUT2D eigenvalue weighted by Gasteiger charge is -2.27. The van der Waals surface area contributed by atoms with Gasteiger partial charge in [0.1, 0.15) is 0 Å². The number of ether oxygens (including phenoxy) is 2.